The zero-order valence-corrected chi connectivity index (χ0v) is 22.6. The Balaban J connectivity index is 1.45. The summed E-state index contributed by atoms with van der Waals surface area (Å²) in [6, 6.07) is 19.0. The first-order chi connectivity index (χ1) is 17.0. The van der Waals surface area contributed by atoms with E-state index in [9.17, 15) is 8.42 Å². The number of likely N-dealkylation sites (tertiary alicyclic amines) is 1. The van der Waals surface area contributed by atoms with Crippen molar-refractivity contribution in [3.63, 3.8) is 0 Å². The van der Waals surface area contributed by atoms with Crippen molar-refractivity contribution in [3.05, 3.63) is 78.2 Å². The monoisotopic (exact) mass is 510 g/mol. The van der Waals surface area contributed by atoms with E-state index in [1.165, 1.54) is 23.7 Å². The lowest BCUT2D eigenvalue weighted by atomic mass is 9.75. The van der Waals surface area contributed by atoms with Crippen molar-refractivity contribution < 1.29 is 13.2 Å². The highest BCUT2D eigenvalue weighted by atomic mass is 32.2. The molecular formula is C28H38N4O3S. The predicted molar refractivity (Wildman–Crippen MR) is 143 cm³/mol. The quantitative estimate of drug-likeness (QED) is 0.417. The number of nitrogens with zero attached hydrogens (tertiary/aromatic N) is 3. The van der Waals surface area contributed by atoms with E-state index in [1.807, 2.05) is 12.1 Å². The molecule has 1 atom stereocenters. The van der Waals surface area contributed by atoms with Gasteiger partial charge in [-0.3, -0.25) is 0 Å². The highest BCUT2D eigenvalue weighted by Crippen LogP contribution is 2.40. The third-order valence-corrected chi connectivity index (χ3v) is 7.93. The number of hydrogen-bond acceptors (Lipinski definition) is 5. The Bertz CT molecular complexity index is 1250. The van der Waals surface area contributed by atoms with Crippen LogP contribution >= 0.6 is 0 Å². The Morgan fingerprint density at radius 3 is 2.58 bits per heavy atom. The second-order valence-corrected chi connectivity index (χ2v) is 12.8. The first-order valence-corrected chi connectivity index (χ1v) is 14.0. The van der Waals surface area contributed by atoms with E-state index in [-0.39, 0.29) is 29.0 Å². The minimum Gasteiger partial charge on any atom is -0.492 e. The Morgan fingerprint density at radius 1 is 1.11 bits per heavy atom. The van der Waals surface area contributed by atoms with Crippen molar-refractivity contribution in [3.8, 4) is 5.75 Å². The zero-order chi connectivity index (χ0) is 25.8. The SMILES string of the molecule is Cn1cnc(S(=O)(=O)NCCOc2cccc(C3(Cc4ccccc4)CCN(CC(C)(C)C)C3)c2)c1. The summed E-state index contributed by atoms with van der Waals surface area (Å²) in [5.41, 5.74) is 2.86. The van der Waals surface area contributed by atoms with Crippen LogP contribution in [-0.4, -0.2) is 55.7 Å². The molecule has 1 fully saturated rings. The van der Waals surface area contributed by atoms with E-state index >= 15 is 0 Å². The molecular weight excluding hydrogens is 472 g/mol. The van der Waals surface area contributed by atoms with Crippen LogP contribution in [0.1, 0.15) is 38.3 Å². The van der Waals surface area contributed by atoms with Crippen molar-refractivity contribution in [2.24, 2.45) is 12.5 Å². The topological polar surface area (TPSA) is 76.5 Å². The molecule has 1 saturated heterocycles. The molecule has 2 aromatic carbocycles. The largest absolute Gasteiger partial charge is 0.492 e. The molecule has 1 aliphatic rings. The van der Waals surface area contributed by atoms with Gasteiger partial charge in [0, 0.05) is 38.3 Å². The van der Waals surface area contributed by atoms with Gasteiger partial charge in [-0.15, -0.1) is 0 Å². The van der Waals surface area contributed by atoms with Crippen LogP contribution in [0.3, 0.4) is 0 Å². The number of rotatable bonds is 10. The van der Waals surface area contributed by atoms with Crippen molar-refractivity contribution in [2.45, 2.75) is 44.1 Å². The second-order valence-electron chi connectivity index (χ2n) is 11.1. The Kier molecular flexibility index (Phi) is 7.87. The Hall–Kier alpha value is -2.68. The number of hydrogen-bond donors (Lipinski definition) is 1. The molecule has 1 unspecified atom stereocenters. The summed E-state index contributed by atoms with van der Waals surface area (Å²) in [7, 11) is -1.91. The molecule has 0 saturated carbocycles. The van der Waals surface area contributed by atoms with Gasteiger partial charge in [0.1, 0.15) is 12.4 Å². The number of nitrogens with one attached hydrogen (secondary N) is 1. The first kappa shape index (κ1) is 26.4. The third kappa shape index (κ3) is 6.75. The van der Waals surface area contributed by atoms with Crippen LogP contribution in [0.2, 0.25) is 0 Å². The molecule has 3 aromatic rings. The number of imidazole rings is 1. The van der Waals surface area contributed by atoms with Crippen molar-refractivity contribution in [2.75, 3.05) is 32.8 Å². The smallest absolute Gasteiger partial charge is 0.259 e. The fourth-order valence-corrected chi connectivity index (χ4v) is 6.09. The molecule has 7 nitrogen and oxygen atoms in total. The normalized spacial score (nSPS) is 19.0. The van der Waals surface area contributed by atoms with E-state index in [2.05, 4.69) is 77.8 Å². The van der Waals surface area contributed by atoms with Gasteiger partial charge in [0.05, 0.1) is 6.33 Å². The van der Waals surface area contributed by atoms with Crippen LogP contribution in [0.5, 0.6) is 5.75 Å². The Morgan fingerprint density at radius 2 is 1.89 bits per heavy atom. The van der Waals surface area contributed by atoms with Crippen LogP contribution in [0.4, 0.5) is 0 Å². The van der Waals surface area contributed by atoms with Crippen molar-refractivity contribution >= 4 is 10.0 Å². The number of sulfonamides is 1. The van der Waals surface area contributed by atoms with Crippen LogP contribution in [0.25, 0.3) is 0 Å². The molecule has 194 valence electrons. The maximum atomic E-state index is 12.4. The van der Waals surface area contributed by atoms with Crippen LogP contribution in [0.15, 0.2) is 72.1 Å². The standard InChI is InChI=1S/C28H38N4O3S/c1-27(2,3)20-32-15-13-28(21-32,18-23-9-6-5-7-10-23)24-11-8-12-25(17-24)35-16-14-30-36(33,34)26-19-31(4)22-29-26/h5-12,17,19,22,30H,13-16,18,20-21H2,1-4H3. The van der Waals surface area contributed by atoms with Crippen LogP contribution in [-0.2, 0) is 28.9 Å². The average molecular weight is 511 g/mol. The first-order valence-electron chi connectivity index (χ1n) is 12.5. The van der Waals surface area contributed by atoms with E-state index in [0.717, 1.165) is 38.2 Å². The van der Waals surface area contributed by atoms with Gasteiger partial charge < -0.3 is 14.2 Å². The fraction of sp³-hybridized carbons (Fsp3) is 0.464. The third-order valence-electron chi connectivity index (χ3n) is 6.58. The van der Waals surface area contributed by atoms with Gasteiger partial charge in [-0.05, 0) is 48.1 Å². The molecule has 1 N–H and O–H groups in total. The number of aryl methyl sites for hydroxylation is 1. The maximum Gasteiger partial charge on any atom is 0.259 e. The lowest BCUT2D eigenvalue weighted by Gasteiger charge is -2.32. The minimum atomic E-state index is -3.65. The summed E-state index contributed by atoms with van der Waals surface area (Å²) < 4.78 is 34.9. The maximum absolute atomic E-state index is 12.4. The molecule has 0 radical (unpaired) electrons. The average Bonchev–Trinajstić information content (AvgIpc) is 3.44. The summed E-state index contributed by atoms with van der Waals surface area (Å²) >= 11 is 0. The van der Waals surface area contributed by atoms with E-state index in [1.54, 1.807) is 11.6 Å². The highest BCUT2D eigenvalue weighted by molar-refractivity contribution is 7.89. The van der Waals surface area contributed by atoms with Gasteiger partial charge in [0.25, 0.3) is 10.0 Å². The van der Waals surface area contributed by atoms with Gasteiger partial charge >= 0.3 is 0 Å². The molecule has 1 aliphatic heterocycles. The van der Waals surface area contributed by atoms with E-state index < -0.39 is 10.0 Å². The fourth-order valence-electron chi connectivity index (χ4n) is 5.09. The molecule has 0 bridgehead atoms. The number of ether oxygens (including phenoxy) is 1. The second kappa shape index (κ2) is 10.7. The summed E-state index contributed by atoms with van der Waals surface area (Å²) in [6.45, 7) is 10.4. The van der Waals surface area contributed by atoms with Crippen molar-refractivity contribution in [1.82, 2.24) is 19.2 Å². The van der Waals surface area contributed by atoms with Crippen LogP contribution in [0, 0.1) is 5.41 Å². The highest BCUT2D eigenvalue weighted by Gasteiger charge is 2.40. The minimum absolute atomic E-state index is 0.00649. The van der Waals surface area contributed by atoms with Gasteiger partial charge in [-0.25, -0.2) is 18.1 Å². The summed E-state index contributed by atoms with van der Waals surface area (Å²) in [5.74, 6) is 0.756. The van der Waals surface area contributed by atoms with Gasteiger partial charge in [-0.2, -0.15) is 0 Å². The molecule has 1 aromatic heterocycles. The van der Waals surface area contributed by atoms with Gasteiger partial charge in [0.2, 0.25) is 0 Å². The molecule has 2 heterocycles. The molecule has 8 heteroatoms. The summed E-state index contributed by atoms with van der Waals surface area (Å²) in [6.07, 6.45) is 5.00. The molecule has 36 heavy (non-hydrogen) atoms. The van der Waals surface area contributed by atoms with Gasteiger partial charge in [0.15, 0.2) is 5.03 Å². The van der Waals surface area contributed by atoms with Crippen molar-refractivity contribution in [1.29, 1.82) is 0 Å². The van der Waals surface area contributed by atoms with Crippen LogP contribution < -0.4 is 9.46 Å². The molecule has 0 spiro atoms. The number of aromatic nitrogens is 2. The lowest BCUT2D eigenvalue weighted by Crippen LogP contribution is -2.36. The van der Waals surface area contributed by atoms with E-state index in [0.29, 0.717) is 0 Å². The Labute approximate surface area is 215 Å². The molecule has 0 aliphatic carbocycles. The summed E-state index contributed by atoms with van der Waals surface area (Å²) in [4.78, 5) is 6.50. The molecule has 4 rings (SSSR count). The molecule has 0 amide bonds. The predicted octanol–water partition coefficient (Wildman–Crippen LogP) is 4.01. The summed E-state index contributed by atoms with van der Waals surface area (Å²) in [5, 5.41) is 0.0101. The lowest BCUT2D eigenvalue weighted by molar-refractivity contribution is 0.215. The van der Waals surface area contributed by atoms with Gasteiger partial charge in [-0.1, -0.05) is 63.2 Å². The van der Waals surface area contributed by atoms with E-state index in [4.69, 9.17) is 4.74 Å². The zero-order valence-electron chi connectivity index (χ0n) is 21.8. The number of benzene rings is 2.